The highest BCUT2D eigenvalue weighted by Gasteiger charge is 2.04. The third-order valence-electron chi connectivity index (χ3n) is 1.31. The number of hydrogen-bond acceptors (Lipinski definition) is 4. The van der Waals surface area contributed by atoms with E-state index < -0.39 is 11.8 Å². The van der Waals surface area contributed by atoms with Crippen molar-refractivity contribution in [3.8, 4) is 0 Å². The summed E-state index contributed by atoms with van der Waals surface area (Å²) in [6, 6.07) is 2.77. The molecule has 0 aliphatic heterocycles. The molecule has 0 fully saturated rings. The molecule has 0 bridgehead atoms. The Morgan fingerprint density at radius 3 is 2.57 bits per heavy atom. The summed E-state index contributed by atoms with van der Waals surface area (Å²) in [4.78, 5) is 21.4. The zero-order chi connectivity index (χ0) is 10.6. The molecule has 0 aliphatic carbocycles. The lowest BCUT2D eigenvalue weighted by Gasteiger charge is -2.00. The molecule has 3 N–H and O–H groups in total. The quantitative estimate of drug-likeness (QED) is 0.678. The highest BCUT2D eigenvalue weighted by Crippen LogP contribution is 2.01. The summed E-state index contributed by atoms with van der Waals surface area (Å²) in [5.41, 5.74) is 4.98. The molecule has 0 saturated heterocycles. The van der Waals surface area contributed by atoms with E-state index in [0.717, 1.165) is 0 Å². The average molecular weight is 215 g/mol. The summed E-state index contributed by atoms with van der Waals surface area (Å²) < 4.78 is 0. The van der Waals surface area contributed by atoms with Crippen LogP contribution in [0.2, 0.25) is 0 Å². The van der Waals surface area contributed by atoms with E-state index in [9.17, 15) is 9.59 Å². The van der Waals surface area contributed by atoms with E-state index >= 15 is 0 Å². The van der Waals surface area contributed by atoms with Crippen LogP contribution in [0.1, 0.15) is 10.5 Å². The number of alkyl halides is 1. The summed E-state index contributed by atoms with van der Waals surface area (Å²) in [5.74, 6) is -1.01. The van der Waals surface area contributed by atoms with Gasteiger partial charge in [0.2, 0.25) is 5.91 Å². The Labute approximate surface area is 84.5 Å². The predicted molar refractivity (Wildman–Crippen MR) is 49.9 cm³/mol. The van der Waals surface area contributed by atoms with Gasteiger partial charge in [0.25, 0.3) is 5.91 Å². The molecule has 0 unspecified atom stereocenters. The van der Waals surface area contributed by atoms with E-state index in [4.69, 9.17) is 17.3 Å². The number of nitrogens with zero attached hydrogens (tertiary/aromatic N) is 2. The van der Waals surface area contributed by atoms with Crippen molar-refractivity contribution in [2.45, 2.75) is 0 Å². The van der Waals surface area contributed by atoms with Crippen molar-refractivity contribution in [1.82, 2.24) is 10.2 Å². The average Bonchev–Trinajstić information content (AvgIpc) is 2.18. The normalized spacial score (nSPS) is 9.50. The Balaban J connectivity index is 2.73. The predicted octanol–water partition coefficient (Wildman–Crippen LogP) is -0.247. The summed E-state index contributed by atoms with van der Waals surface area (Å²) in [6.07, 6.45) is 0. The van der Waals surface area contributed by atoms with Crippen molar-refractivity contribution in [3.63, 3.8) is 0 Å². The van der Waals surface area contributed by atoms with Gasteiger partial charge in [-0.05, 0) is 12.1 Å². The minimum atomic E-state index is -0.673. The van der Waals surface area contributed by atoms with Gasteiger partial charge < -0.3 is 11.1 Å². The van der Waals surface area contributed by atoms with Crippen LogP contribution in [0.4, 0.5) is 5.82 Å². The van der Waals surface area contributed by atoms with Crippen LogP contribution in [-0.2, 0) is 4.79 Å². The number of anilines is 1. The first-order valence-corrected chi connectivity index (χ1v) is 4.16. The zero-order valence-corrected chi connectivity index (χ0v) is 7.78. The molecule has 7 heteroatoms. The number of nitrogens with two attached hydrogens (primary N) is 1. The Kier molecular flexibility index (Phi) is 3.35. The molecule has 1 aromatic rings. The van der Waals surface area contributed by atoms with Gasteiger partial charge in [0.15, 0.2) is 11.5 Å². The van der Waals surface area contributed by atoms with Gasteiger partial charge in [0.05, 0.1) is 0 Å². The number of amides is 2. The molecule has 0 saturated carbocycles. The standard InChI is InChI=1S/C7H7ClN4O2/c8-3-6(13)10-5-2-1-4(7(9)14)11-12-5/h1-2H,3H2,(H2,9,14)(H,10,12,13). The lowest BCUT2D eigenvalue weighted by Crippen LogP contribution is -2.17. The van der Waals surface area contributed by atoms with Gasteiger partial charge in [0, 0.05) is 0 Å². The molecular weight excluding hydrogens is 208 g/mol. The molecule has 0 atom stereocenters. The van der Waals surface area contributed by atoms with E-state index in [-0.39, 0.29) is 17.4 Å². The molecule has 1 rings (SSSR count). The zero-order valence-electron chi connectivity index (χ0n) is 7.03. The summed E-state index contributed by atoms with van der Waals surface area (Å²) in [5, 5.41) is 9.39. The maximum absolute atomic E-state index is 10.8. The molecule has 74 valence electrons. The van der Waals surface area contributed by atoms with Gasteiger partial charge in [-0.1, -0.05) is 0 Å². The maximum atomic E-state index is 10.8. The highest BCUT2D eigenvalue weighted by molar-refractivity contribution is 6.28. The third kappa shape index (κ3) is 2.67. The maximum Gasteiger partial charge on any atom is 0.269 e. The van der Waals surface area contributed by atoms with Crippen LogP contribution in [0.25, 0.3) is 0 Å². The van der Waals surface area contributed by atoms with Crippen LogP contribution in [0, 0.1) is 0 Å². The van der Waals surface area contributed by atoms with E-state index in [2.05, 4.69) is 15.5 Å². The summed E-state index contributed by atoms with van der Waals surface area (Å²) >= 11 is 5.25. The van der Waals surface area contributed by atoms with Crippen molar-refractivity contribution < 1.29 is 9.59 Å². The first-order chi connectivity index (χ1) is 6.63. The molecular formula is C7H7ClN4O2. The van der Waals surface area contributed by atoms with Crippen molar-refractivity contribution in [2.75, 3.05) is 11.2 Å². The number of rotatable bonds is 3. The Bertz CT molecular complexity index is 351. The van der Waals surface area contributed by atoms with Crippen LogP contribution >= 0.6 is 11.6 Å². The van der Waals surface area contributed by atoms with Gasteiger partial charge in [-0.2, -0.15) is 0 Å². The largest absolute Gasteiger partial charge is 0.364 e. The van der Waals surface area contributed by atoms with Crippen LogP contribution in [-0.4, -0.2) is 27.9 Å². The van der Waals surface area contributed by atoms with Gasteiger partial charge in [0.1, 0.15) is 5.88 Å². The Morgan fingerprint density at radius 1 is 1.43 bits per heavy atom. The minimum Gasteiger partial charge on any atom is -0.364 e. The third-order valence-corrected chi connectivity index (χ3v) is 1.55. The fourth-order valence-corrected chi connectivity index (χ4v) is 0.773. The summed E-state index contributed by atoms with van der Waals surface area (Å²) in [7, 11) is 0. The van der Waals surface area contributed by atoms with E-state index in [1.165, 1.54) is 12.1 Å². The molecule has 0 aliphatic rings. The fourth-order valence-electron chi connectivity index (χ4n) is 0.707. The van der Waals surface area contributed by atoms with Crippen LogP contribution in [0.15, 0.2) is 12.1 Å². The minimum absolute atomic E-state index is 0.0360. The van der Waals surface area contributed by atoms with Crippen molar-refractivity contribution in [2.24, 2.45) is 5.73 Å². The van der Waals surface area contributed by atoms with Crippen LogP contribution in [0.5, 0.6) is 0 Å². The lowest BCUT2D eigenvalue weighted by molar-refractivity contribution is -0.113. The fraction of sp³-hybridized carbons (Fsp3) is 0.143. The van der Waals surface area contributed by atoms with Crippen molar-refractivity contribution in [3.05, 3.63) is 17.8 Å². The second-order valence-electron chi connectivity index (χ2n) is 2.35. The second kappa shape index (κ2) is 4.52. The van der Waals surface area contributed by atoms with Gasteiger partial charge in [-0.15, -0.1) is 21.8 Å². The molecule has 0 spiro atoms. The number of nitrogens with one attached hydrogen (secondary N) is 1. The number of hydrogen-bond donors (Lipinski definition) is 2. The second-order valence-corrected chi connectivity index (χ2v) is 2.62. The molecule has 1 aromatic heterocycles. The first-order valence-electron chi connectivity index (χ1n) is 3.63. The Morgan fingerprint density at radius 2 is 2.14 bits per heavy atom. The molecule has 0 radical (unpaired) electrons. The van der Waals surface area contributed by atoms with E-state index in [1.54, 1.807) is 0 Å². The first kappa shape index (κ1) is 10.4. The summed E-state index contributed by atoms with van der Waals surface area (Å²) in [6.45, 7) is 0. The van der Waals surface area contributed by atoms with Gasteiger partial charge in [-0.3, -0.25) is 9.59 Å². The SMILES string of the molecule is NC(=O)c1ccc(NC(=O)CCl)nn1. The molecule has 0 aromatic carbocycles. The van der Waals surface area contributed by atoms with Gasteiger partial charge >= 0.3 is 0 Å². The van der Waals surface area contributed by atoms with Crippen molar-refractivity contribution >= 4 is 29.2 Å². The van der Waals surface area contributed by atoms with Gasteiger partial charge in [-0.25, -0.2) is 0 Å². The molecule has 14 heavy (non-hydrogen) atoms. The van der Waals surface area contributed by atoms with Crippen LogP contribution in [0.3, 0.4) is 0 Å². The Hall–Kier alpha value is -1.69. The molecule has 1 heterocycles. The number of primary amides is 1. The number of aromatic nitrogens is 2. The topological polar surface area (TPSA) is 98.0 Å². The highest BCUT2D eigenvalue weighted by atomic mass is 35.5. The van der Waals surface area contributed by atoms with E-state index in [1.807, 2.05) is 0 Å². The van der Waals surface area contributed by atoms with Crippen LogP contribution < -0.4 is 11.1 Å². The van der Waals surface area contributed by atoms with E-state index in [0.29, 0.717) is 0 Å². The monoisotopic (exact) mass is 214 g/mol. The smallest absolute Gasteiger partial charge is 0.269 e. The molecule has 6 nitrogen and oxygen atoms in total. The lowest BCUT2D eigenvalue weighted by atomic mass is 10.4. The number of carbonyl (C=O) groups excluding carboxylic acids is 2. The number of carbonyl (C=O) groups is 2. The van der Waals surface area contributed by atoms with Crippen molar-refractivity contribution in [1.29, 1.82) is 0 Å². The molecule has 2 amide bonds. The number of halogens is 1.